The number of ether oxygens (including phenoxy) is 1. The molecule has 2 heterocycles. The minimum atomic E-state index is -3.70. The number of hydrogen-bond donors (Lipinski definition) is 1. The molecule has 0 aromatic carbocycles. The van der Waals surface area contributed by atoms with E-state index in [0.29, 0.717) is 19.2 Å². The van der Waals surface area contributed by atoms with Crippen LogP contribution in [-0.4, -0.2) is 62.0 Å². The molecular weight excluding hydrogens is 298 g/mol. The van der Waals surface area contributed by atoms with Gasteiger partial charge in [-0.3, -0.25) is 4.90 Å². The first kappa shape index (κ1) is 16.0. The number of carbonyl (C=O) groups is 1. The van der Waals surface area contributed by atoms with Crippen molar-refractivity contribution < 1.29 is 27.5 Å². The minimum absolute atomic E-state index is 0.219. The molecule has 118 valence electrons. The molecule has 0 bridgehead atoms. The smallest absolute Gasteiger partial charge is 0.371 e. The molecule has 1 N–H and O–H groups in total. The number of morpholine rings is 1. The number of hydrogen-bond acceptors (Lipinski definition) is 6. The molecule has 0 spiro atoms. The number of aromatic carboxylic acids is 1. The van der Waals surface area contributed by atoms with Gasteiger partial charge in [0, 0.05) is 19.1 Å². The molecule has 8 heteroatoms. The fourth-order valence-electron chi connectivity index (χ4n) is 2.24. The minimum Gasteiger partial charge on any atom is -0.475 e. The van der Waals surface area contributed by atoms with E-state index in [1.807, 2.05) is 13.8 Å². The van der Waals surface area contributed by atoms with Gasteiger partial charge in [0.25, 0.3) is 0 Å². The Kier molecular flexibility index (Phi) is 4.70. The lowest BCUT2D eigenvalue weighted by Crippen LogP contribution is -2.47. The predicted octanol–water partition coefficient (Wildman–Crippen LogP) is 0.861. The average Bonchev–Trinajstić information content (AvgIpc) is 2.89. The number of sulfone groups is 1. The lowest BCUT2D eigenvalue weighted by atomic mass is 10.2. The molecule has 1 aromatic heterocycles. The van der Waals surface area contributed by atoms with Gasteiger partial charge in [0.05, 0.1) is 18.5 Å². The van der Waals surface area contributed by atoms with Crippen molar-refractivity contribution in [2.45, 2.75) is 31.1 Å². The van der Waals surface area contributed by atoms with E-state index in [2.05, 4.69) is 4.90 Å². The third-order valence-corrected chi connectivity index (χ3v) is 5.05. The van der Waals surface area contributed by atoms with E-state index >= 15 is 0 Å². The van der Waals surface area contributed by atoms with Gasteiger partial charge in [-0.05, 0) is 26.0 Å². The zero-order valence-electron chi connectivity index (χ0n) is 12.0. The molecule has 1 unspecified atom stereocenters. The van der Waals surface area contributed by atoms with E-state index in [1.54, 1.807) is 0 Å². The zero-order chi connectivity index (χ0) is 15.6. The average molecular weight is 317 g/mol. The van der Waals surface area contributed by atoms with E-state index < -0.39 is 21.9 Å². The quantitative estimate of drug-likeness (QED) is 0.860. The first-order valence-corrected chi connectivity index (χ1v) is 8.36. The fourth-order valence-corrected chi connectivity index (χ4v) is 3.59. The Morgan fingerprint density at radius 3 is 2.76 bits per heavy atom. The molecule has 0 amide bonds. The molecule has 7 nitrogen and oxygen atoms in total. The molecular formula is C13H19NO6S. The highest BCUT2D eigenvalue weighted by Crippen LogP contribution is 2.19. The van der Waals surface area contributed by atoms with Gasteiger partial charge in [0.1, 0.15) is 0 Å². The van der Waals surface area contributed by atoms with Crippen molar-refractivity contribution in [2.24, 2.45) is 0 Å². The highest BCUT2D eigenvalue weighted by molar-refractivity contribution is 7.91. The van der Waals surface area contributed by atoms with Crippen LogP contribution in [0.4, 0.5) is 0 Å². The van der Waals surface area contributed by atoms with Crippen molar-refractivity contribution >= 4 is 15.8 Å². The van der Waals surface area contributed by atoms with Crippen molar-refractivity contribution in [1.82, 2.24) is 4.90 Å². The van der Waals surface area contributed by atoms with Crippen molar-refractivity contribution in [3.8, 4) is 0 Å². The summed E-state index contributed by atoms with van der Waals surface area (Å²) in [5.74, 6) is -1.90. The SMILES string of the molecule is CC(C)N1CCOC(CS(=O)(=O)c2ccc(C(=O)O)o2)C1. The van der Waals surface area contributed by atoms with Gasteiger partial charge < -0.3 is 14.3 Å². The van der Waals surface area contributed by atoms with Crippen molar-refractivity contribution in [3.05, 3.63) is 17.9 Å². The van der Waals surface area contributed by atoms with Crippen molar-refractivity contribution in [2.75, 3.05) is 25.4 Å². The van der Waals surface area contributed by atoms with Crippen LogP contribution in [0.1, 0.15) is 24.4 Å². The van der Waals surface area contributed by atoms with Crippen LogP contribution < -0.4 is 0 Å². The van der Waals surface area contributed by atoms with Gasteiger partial charge in [0.15, 0.2) is 0 Å². The zero-order valence-corrected chi connectivity index (χ0v) is 12.8. The Morgan fingerprint density at radius 2 is 2.19 bits per heavy atom. The molecule has 1 aliphatic heterocycles. The molecule has 2 rings (SSSR count). The fraction of sp³-hybridized carbons (Fsp3) is 0.615. The number of rotatable bonds is 5. The molecule has 0 saturated carbocycles. The second kappa shape index (κ2) is 6.17. The molecule has 21 heavy (non-hydrogen) atoms. The normalized spacial score (nSPS) is 20.8. The number of carboxylic acid groups (broad SMARTS) is 1. The van der Waals surface area contributed by atoms with Crippen LogP contribution in [0.15, 0.2) is 21.6 Å². The van der Waals surface area contributed by atoms with E-state index in [-0.39, 0.29) is 16.6 Å². The monoisotopic (exact) mass is 317 g/mol. The van der Waals surface area contributed by atoms with Gasteiger partial charge in [-0.15, -0.1) is 0 Å². The molecule has 1 atom stereocenters. The lowest BCUT2D eigenvalue weighted by molar-refractivity contribution is -0.0273. The first-order valence-electron chi connectivity index (χ1n) is 6.71. The number of furan rings is 1. The largest absolute Gasteiger partial charge is 0.475 e. The van der Waals surface area contributed by atoms with Crippen LogP contribution in [-0.2, 0) is 14.6 Å². The number of carboxylic acids is 1. The third kappa shape index (κ3) is 3.84. The van der Waals surface area contributed by atoms with Crippen LogP contribution in [0, 0.1) is 0 Å². The topological polar surface area (TPSA) is 97.0 Å². The summed E-state index contributed by atoms with van der Waals surface area (Å²) in [4.78, 5) is 12.9. The number of nitrogens with zero attached hydrogens (tertiary/aromatic N) is 1. The summed E-state index contributed by atoms with van der Waals surface area (Å²) in [6.07, 6.45) is -0.440. The molecule has 1 aliphatic rings. The van der Waals surface area contributed by atoms with Crippen LogP contribution in [0.25, 0.3) is 0 Å². The predicted molar refractivity (Wildman–Crippen MR) is 74.2 cm³/mol. The Bertz CT molecular complexity index is 606. The summed E-state index contributed by atoms with van der Waals surface area (Å²) in [7, 11) is -3.70. The second-order valence-corrected chi connectivity index (χ2v) is 7.25. The molecule has 1 fully saturated rings. The van der Waals surface area contributed by atoms with Crippen molar-refractivity contribution in [3.63, 3.8) is 0 Å². The Morgan fingerprint density at radius 1 is 1.48 bits per heavy atom. The van der Waals surface area contributed by atoms with Crippen LogP contribution in [0.2, 0.25) is 0 Å². The van der Waals surface area contributed by atoms with Crippen LogP contribution in [0.3, 0.4) is 0 Å². The second-order valence-electron chi connectivity index (χ2n) is 5.29. The first-order chi connectivity index (χ1) is 9.79. The third-order valence-electron chi connectivity index (χ3n) is 3.40. The van der Waals surface area contributed by atoms with Gasteiger partial charge >= 0.3 is 5.97 Å². The maximum atomic E-state index is 12.2. The van der Waals surface area contributed by atoms with Gasteiger partial charge in [-0.1, -0.05) is 0 Å². The Balaban J connectivity index is 2.08. The summed E-state index contributed by atoms with van der Waals surface area (Å²) in [5.41, 5.74) is 0. The van der Waals surface area contributed by atoms with Gasteiger partial charge in [0.2, 0.25) is 20.7 Å². The maximum absolute atomic E-state index is 12.2. The summed E-state index contributed by atoms with van der Waals surface area (Å²) < 4.78 is 34.8. The van der Waals surface area contributed by atoms with Crippen molar-refractivity contribution in [1.29, 1.82) is 0 Å². The summed E-state index contributed by atoms with van der Waals surface area (Å²) >= 11 is 0. The summed E-state index contributed by atoms with van der Waals surface area (Å²) in [5, 5.41) is 8.43. The van der Waals surface area contributed by atoms with Gasteiger partial charge in [-0.25, -0.2) is 13.2 Å². The molecule has 0 aliphatic carbocycles. The standard InChI is InChI=1S/C13H19NO6S/c1-9(2)14-5-6-19-10(7-14)8-21(17,18)12-4-3-11(20-12)13(15)16/h3-4,9-10H,5-8H2,1-2H3,(H,15,16). The van der Waals surface area contributed by atoms with E-state index in [1.165, 1.54) is 6.07 Å². The maximum Gasteiger partial charge on any atom is 0.371 e. The molecule has 0 radical (unpaired) electrons. The van der Waals surface area contributed by atoms with Crippen LogP contribution in [0.5, 0.6) is 0 Å². The molecule has 1 aromatic rings. The highest BCUT2D eigenvalue weighted by Gasteiger charge is 2.30. The summed E-state index contributed by atoms with van der Waals surface area (Å²) in [6, 6.07) is 2.63. The summed E-state index contributed by atoms with van der Waals surface area (Å²) in [6.45, 7) is 5.88. The Labute approximate surface area is 123 Å². The lowest BCUT2D eigenvalue weighted by Gasteiger charge is -2.35. The molecule has 1 saturated heterocycles. The highest BCUT2D eigenvalue weighted by atomic mass is 32.2. The van der Waals surface area contributed by atoms with E-state index in [9.17, 15) is 13.2 Å². The Hall–Kier alpha value is -1.38. The van der Waals surface area contributed by atoms with Gasteiger partial charge in [-0.2, -0.15) is 0 Å². The van der Waals surface area contributed by atoms with E-state index in [4.69, 9.17) is 14.3 Å². The van der Waals surface area contributed by atoms with Crippen LogP contribution >= 0.6 is 0 Å². The van der Waals surface area contributed by atoms with E-state index in [0.717, 1.165) is 12.6 Å².